The number of anilines is 1. The van der Waals surface area contributed by atoms with Crippen molar-refractivity contribution < 1.29 is 9.18 Å². The van der Waals surface area contributed by atoms with Gasteiger partial charge in [-0.25, -0.2) is 4.39 Å². The Morgan fingerprint density at radius 2 is 2.29 bits per heavy atom. The van der Waals surface area contributed by atoms with Crippen LogP contribution in [0.3, 0.4) is 0 Å². The number of hydrogen-bond donors (Lipinski definition) is 3. The number of amides is 1. The van der Waals surface area contributed by atoms with Gasteiger partial charge in [-0.05, 0) is 19.1 Å². The van der Waals surface area contributed by atoms with E-state index < -0.39 is 0 Å². The number of rotatable bonds is 2. The van der Waals surface area contributed by atoms with Crippen molar-refractivity contribution in [1.82, 2.24) is 10.6 Å². The molecule has 0 saturated carbocycles. The van der Waals surface area contributed by atoms with Crippen molar-refractivity contribution in [3.63, 3.8) is 0 Å². The third-order valence-electron chi connectivity index (χ3n) is 2.88. The van der Waals surface area contributed by atoms with Crippen LogP contribution in [0.4, 0.5) is 10.1 Å². The van der Waals surface area contributed by atoms with Crippen LogP contribution >= 0.6 is 0 Å². The fourth-order valence-electron chi connectivity index (χ4n) is 1.80. The number of nitrogens with one attached hydrogen (secondary N) is 3. The van der Waals surface area contributed by atoms with Crippen molar-refractivity contribution in [2.75, 3.05) is 25.0 Å². The molecule has 1 aliphatic rings. The maximum Gasteiger partial charge on any atom is 0.242 e. The normalized spacial score (nSPS) is 20.0. The van der Waals surface area contributed by atoms with Crippen LogP contribution in [0.2, 0.25) is 0 Å². The summed E-state index contributed by atoms with van der Waals surface area (Å²) in [4.78, 5) is 11.9. The van der Waals surface area contributed by atoms with Crippen LogP contribution in [-0.4, -0.2) is 31.6 Å². The van der Waals surface area contributed by atoms with E-state index in [-0.39, 0.29) is 17.8 Å². The number of carbonyl (C=O) groups is 1. The van der Waals surface area contributed by atoms with Gasteiger partial charge in [0.05, 0.1) is 6.04 Å². The maximum atomic E-state index is 13.3. The Kier molecular flexibility index (Phi) is 3.71. The first-order valence-electron chi connectivity index (χ1n) is 5.68. The van der Waals surface area contributed by atoms with Crippen molar-refractivity contribution in [1.29, 1.82) is 0 Å². The summed E-state index contributed by atoms with van der Waals surface area (Å²) in [6, 6.07) is 4.41. The highest BCUT2D eigenvalue weighted by Crippen LogP contribution is 2.17. The van der Waals surface area contributed by atoms with Gasteiger partial charge in [-0.1, -0.05) is 6.07 Å². The SMILES string of the molecule is Cc1c(F)cccc1NC(=O)C1CNCCN1. The highest BCUT2D eigenvalue weighted by atomic mass is 19.1. The second kappa shape index (κ2) is 5.25. The minimum absolute atomic E-state index is 0.133. The van der Waals surface area contributed by atoms with Crippen LogP contribution in [0.15, 0.2) is 18.2 Å². The summed E-state index contributed by atoms with van der Waals surface area (Å²) in [5, 5.41) is 8.97. The molecular formula is C12H16FN3O. The minimum atomic E-state index is -0.308. The standard InChI is InChI=1S/C12H16FN3O/c1-8-9(13)3-2-4-10(8)16-12(17)11-7-14-5-6-15-11/h2-4,11,14-15H,5-7H2,1H3,(H,16,17). The molecule has 92 valence electrons. The fraction of sp³-hybridized carbons (Fsp3) is 0.417. The Morgan fingerprint density at radius 3 is 3.00 bits per heavy atom. The average Bonchev–Trinajstić information content (AvgIpc) is 2.36. The molecule has 0 aromatic heterocycles. The highest BCUT2D eigenvalue weighted by Gasteiger charge is 2.20. The first kappa shape index (κ1) is 12.0. The van der Waals surface area contributed by atoms with Crippen molar-refractivity contribution in [3.05, 3.63) is 29.6 Å². The summed E-state index contributed by atoms with van der Waals surface area (Å²) < 4.78 is 13.3. The Bertz CT molecular complexity index is 416. The van der Waals surface area contributed by atoms with Crippen LogP contribution in [0.5, 0.6) is 0 Å². The van der Waals surface area contributed by atoms with Crippen LogP contribution in [-0.2, 0) is 4.79 Å². The topological polar surface area (TPSA) is 53.2 Å². The molecule has 1 fully saturated rings. The monoisotopic (exact) mass is 237 g/mol. The second-order valence-electron chi connectivity index (χ2n) is 4.11. The molecule has 1 aromatic carbocycles. The van der Waals surface area contributed by atoms with Crippen LogP contribution in [0.1, 0.15) is 5.56 Å². The summed E-state index contributed by atoms with van der Waals surface area (Å²) in [6.07, 6.45) is 0. The van der Waals surface area contributed by atoms with E-state index in [1.54, 1.807) is 19.1 Å². The molecule has 17 heavy (non-hydrogen) atoms. The van der Waals surface area contributed by atoms with E-state index in [1.165, 1.54) is 6.07 Å². The van der Waals surface area contributed by atoms with Gasteiger partial charge in [-0.2, -0.15) is 0 Å². The Balaban J connectivity index is 2.04. The van der Waals surface area contributed by atoms with E-state index in [2.05, 4.69) is 16.0 Å². The van der Waals surface area contributed by atoms with E-state index in [1.807, 2.05) is 0 Å². The lowest BCUT2D eigenvalue weighted by Crippen LogP contribution is -2.54. The number of halogens is 1. The first-order chi connectivity index (χ1) is 8.18. The minimum Gasteiger partial charge on any atom is -0.324 e. The zero-order chi connectivity index (χ0) is 12.3. The predicted octanol–water partition coefficient (Wildman–Crippen LogP) is 0.634. The van der Waals surface area contributed by atoms with Crippen LogP contribution in [0.25, 0.3) is 0 Å². The van der Waals surface area contributed by atoms with Gasteiger partial charge in [0, 0.05) is 30.9 Å². The molecule has 1 atom stereocenters. The summed E-state index contributed by atoms with van der Waals surface area (Å²) in [5.41, 5.74) is 0.993. The molecule has 2 rings (SSSR count). The van der Waals surface area contributed by atoms with E-state index in [4.69, 9.17) is 0 Å². The lowest BCUT2D eigenvalue weighted by atomic mass is 10.1. The zero-order valence-electron chi connectivity index (χ0n) is 9.72. The van der Waals surface area contributed by atoms with Gasteiger partial charge in [0.15, 0.2) is 0 Å². The van der Waals surface area contributed by atoms with Gasteiger partial charge in [-0.15, -0.1) is 0 Å². The molecule has 1 aromatic rings. The average molecular weight is 237 g/mol. The van der Waals surface area contributed by atoms with Crippen LogP contribution < -0.4 is 16.0 Å². The summed E-state index contributed by atoms with van der Waals surface area (Å²) in [6.45, 7) is 3.88. The van der Waals surface area contributed by atoms with Gasteiger partial charge in [0.1, 0.15) is 5.82 Å². The summed E-state index contributed by atoms with van der Waals surface area (Å²) >= 11 is 0. The quantitative estimate of drug-likeness (QED) is 0.707. The molecule has 5 heteroatoms. The molecule has 0 aliphatic carbocycles. The number of hydrogen-bond acceptors (Lipinski definition) is 3. The molecule has 0 spiro atoms. The highest BCUT2D eigenvalue weighted by molar-refractivity contribution is 5.95. The first-order valence-corrected chi connectivity index (χ1v) is 5.68. The zero-order valence-corrected chi connectivity index (χ0v) is 9.72. The predicted molar refractivity (Wildman–Crippen MR) is 64.4 cm³/mol. The summed E-state index contributed by atoms with van der Waals surface area (Å²) in [5.74, 6) is -0.441. The van der Waals surface area contributed by atoms with E-state index >= 15 is 0 Å². The van der Waals surface area contributed by atoms with Gasteiger partial charge < -0.3 is 16.0 Å². The van der Waals surface area contributed by atoms with E-state index in [0.717, 1.165) is 13.1 Å². The van der Waals surface area contributed by atoms with Crippen molar-refractivity contribution in [2.24, 2.45) is 0 Å². The Hall–Kier alpha value is -1.46. The molecule has 4 nitrogen and oxygen atoms in total. The summed E-state index contributed by atoms with van der Waals surface area (Å²) in [7, 11) is 0. The van der Waals surface area contributed by atoms with E-state index in [9.17, 15) is 9.18 Å². The second-order valence-corrected chi connectivity index (χ2v) is 4.11. The molecule has 1 amide bonds. The third kappa shape index (κ3) is 2.81. The number of piperazine rings is 1. The maximum absolute atomic E-state index is 13.3. The lowest BCUT2D eigenvalue weighted by Gasteiger charge is -2.23. The van der Waals surface area contributed by atoms with Crippen molar-refractivity contribution >= 4 is 11.6 Å². The van der Waals surface area contributed by atoms with E-state index in [0.29, 0.717) is 17.8 Å². The molecule has 1 saturated heterocycles. The van der Waals surface area contributed by atoms with Crippen LogP contribution in [0, 0.1) is 12.7 Å². The molecule has 1 aliphatic heterocycles. The molecule has 3 N–H and O–H groups in total. The number of carbonyl (C=O) groups excluding carboxylic acids is 1. The molecule has 0 bridgehead atoms. The third-order valence-corrected chi connectivity index (χ3v) is 2.88. The number of benzene rings is 1. The van der Waals surface area contributed by atoms with Gasteiger partial charge in [-0.3, -0.25) is 4.79 Å². The van der Waals surface area contributed by atoms with Gasteiger partial charge in [0.2, 0.25) is 5.91 Å². The molecule has 1 heterocycles. The Morgan fingerprint density at radius 1 is 1.47 bits per heavy atom. The smallest absolute Gasteiger partial charge is 0.242 e. The molecular weight excluding hydrogens is 221 g/mol. The Labute approximate surface area is 99.6 Å². The molecule has 1 unspecified atom stereocenters. The lowest BCUT2D eigenvalue weighted by molar-refractivity contribution is -0.118. The molecule has 0 radical (unpaired) electrons. The van der Waals surface area contributed by atoms with Gasteiger partial charge >= 0.3 is 0 Å². The van der Waals surface area contributed by atoms with Gasteiger partial charge in [0.25, 0.3) is 0 Å². The van der Waals surface area contributed by atoms with Crippen molar-refractivity contribution in [3.8, 4) is 0 Å². The largest absolute Gasteiger partial charge is 0.324 e. The van der Waals surface area contributed by atoms with Crippen molar-refractivity contribution in [2.45, 2.75) is 13.0 Å². The fourth-order valence-corrected chi connectivity index (χ4v) is 1.80.